The zero-order chi connectivity index (χ0) is 10.7. The Morgan fingerprint density at radius 1 is 1.53 bits per heavy atom. The number of aromatic nitrogens is 2. The number of aliphatic hydroxyl groups is 1. The minimum atomic E-state index is -0.647. The third-order valence-electron chi connectivity index (χ3n) is 2.64. The molecule has 0 bridgehead atoms. The van der Waals surface area contributed by atoms with Gasteiger partial charge >= 0.3 is 0 Å². The summed E-state index contributed by atoms with van der Waals surface area (Å²) in [4.78, 5) is 8.05. The third kappa shape index (κ3) is 2.52. The maximum Gasteiger partial charge on any atom is 0.124 e. The van der Waals surface area contributed by atoms with Crippen LogP contribution in [0, 0.1) is 5.92 Å². The lowest BCUT2D eigenvalue weighted by Crippen LogP contribution is -2.25. The molecule has 2 atom stereocenters. The molecule has 1 aliphatic carbocycles. The molecule has 1 fully saturated rings. The first-order chi connectivity index (χ1) is 7.33. The average molecular weight is 208 g/mol. The smallest absolute Gasteiger partial charge is 0.124 e. The van der Waals surface area contributed by atoms with Crippen LogP contribution in [0.3, 0.4) is 0 Å². The largest absolute Gasteiger partial charge is 0.384 e. The molecule has 4 nitrogen and oxygen atoms in total. The van der Waals surface area contributed by atoms with E-state index >= 15 is 0 Å². The number of hydrogen-bond donors (Lipinski definition) is 1. The Labute approximate surface area is 89.3 Å². The monoisotopic (exact) mass is 208 g/mol. The second-order valence-corrected chi connectivity index (χ2v) is 3.83. The second-order valence-electron chi connectivity index (χ2n) is 3.83. The van der Waals surface area contributed by atoms with E-state index < -0.39 is 6.10 Å². The molecule has 1 aromatic heterocycles. The molecular formula is C11H16N2O2. The highest BCUT2D eigenvalue weighted by atomic mass is 16.5. The molecule has 4 heteroatoms. The number of aliphatic hydroxyl groups excluding tert-OH is 1. The van der Waals surface area contributed by atoms with Crippen molar-refractivity contribution in [2.45, 2.75) is 32.0 Å². The summed E-state index contributed by atoms with van der Waals surface area (Å²) in [5, 5.41) is 10.1. The zero-order valence-corrected chi connectivity index (χ0v) is 8.84. The van der Waals surface area contributed by atoms with Crippen molar-refractivity contribution >= 4 is 0 Å². The highest BCUT2D eigenvalue weighted by Gasteiger charge is 2.37. The van der Waals surface area contributed by atoms with Gasteiger partial charge in [-0.3, -0.25) is 9.97 Å². The molecule has 1 aliphatic rings. The molecule has 1 heterocycles. The molecule has 15 heavy (non-hydrogen) atoms. The fraction of sp³-hybridized carbons (Fsp3) is 0.636. The van der Waals surface area contributed by atoms with Crippen LogP contribution in [0.15, 0.2) is 18.6 Å². The Kier molecular flexibility index (Phi) is 3.28. The van der Waals surface area contributed by atoms with E-state index in [1.165, 1.54) is 0 Å². The second kappa shape index (κ2) is 4.68. The van der Waals surface area contributed by atoms with Crippen LogP contribution in [0.25, 0.3) is 0 Å². The van der Waals surface area contributed by atoms with E-state index in [2.05, 4.69) is 9.97 Å². The lowest BCUT2D eigenvalue weighted by molar-refractivity contribution is -0.0480. The quantitative estimate of drug-likeness (QED) is 0.793. The third-order valence-corrected chi connectivity index (χ3v) is 2.64. The average Bonchev–Trinajstić information content (AvgIpc) is 3.10. The van der Waals surface area contributed by atoms with Gasteiger partial charge in [0.1, 0.15) is 6.10 Å². The van der Waals surface area contributed by atoms with Crippen molar-refractivity contribution in [2.24, 2.45) is 5.92 Å². The van der Waals surface area contributed by atoms with E-state index in [0.717, 1.165) is 12.8 Å². The number of hydrogen-bond acceptors (Lipinski definition) is 4. The molecule has 0 saturated heterocycles. The molecule has 1 saturated carbocycles. The fourth-order valence-electron chi connectivity index (χ4n) is 1.73. The summed E-state index contributed by atoms with van der Waals surface area (Å²) in [5.41, 5.74) is 0.600. The summed E-state index contributed by atoms with van der Waals surface area (Å²) in [6.07, 6.45) is 6.30. The Morgan fingerprint density at radius 2 is 2.33 bits per heavy atom. The van der Waals surface area contributed by atoms with Gasteiger partial charge in [0, 0.05) is 19.0 Å². The van der Waals surface area contributed by atoms with Crippen molar-refractivity contribution < 1.29 is 9.84 Å². The minimum absolute atomic E-state index is 0.119. The molecule has 0 radical (unpaired) electrons. The van der Waals surface area contributed by atoms with Crippen LogP contribution < -0.4 is 0 Å². The minimum Gasteiger partial charge on any atom is -0.384 e. The lowest BCUT2D eigenvalue weighted by atomic mass is 10.1. The topological polar surface area (TPSA) is 55.2 Å². The van der Waals surface area contributed by atoms with Gasteiger partial charge in [-0.25, -0.2) is 0 Å². The molecule has 1 N–H and O–H groups in total. The summed E-state index contributed by atoms with van der Waals surface area (Å²) < 4.78 is 5.56. The van der Waals surface area contributed by atoms with Crippen molar-refractivity contribution in [3.8, 4) is 0 Å². The van der Waals surface area contributed by atoms with Crippen LogP contribution in [-0.4, -0.2) is 27.8 Å². The van der Waals surface area contributed by atoms with Crippen LogP contribution in [0.4, 0.5) is 0 Å². The van der Waals surface area contributed by atoms with Gasteiger partial charge in [0.25, 0.3) is 0 Å². The maximum absolute atomic E-state index is 10.1. The van der Waals surface area contributed by atoms with Gasteiger partial charge < -0.3 is 9.84 Å². The zero-order valence-electron chi connectivity index (χ0n) is 8.84. The fourth-order valence-corrected chi connectivity index (χ4v) is 1.73. The Balaban J connectivity index is 2.07. The Hall–Kier alpha value is -1.00. The standard InChI is InChI=1S/C11H16N2O2/c1-2-15-11(8-3-4-8)10(14)9-7-12-5-6-13-9/h5-8,10-11,14H,2-4H2,1H3. The van der Waals surface area contributed by atoms with Gasteiger partial charge in [-0.15, -0.1) is 0 Å². The van der Waals surface area contributed by atoms with Gasteiger partial charge in [0.05, 0.1) is 18.0 Å². The van der Waals surface area contributed by atoms with E-state index in [4.69, 9.17) is 4.74 Å². The number of rotatable bonds is 5. The Bertz CT molecular complexity index is 301. The van der Waals surface area contributed by atoms with Crippen molar-refractivity contribution in [1.82, 2.24) is 9.97 Å². The molecular weight excluding hydrogens is 192 g/mol. The van der Waals surface area contributed by atoms with Gasteiger partial charge in [0.15, 0.2) is 0 Å². The van der Waals surface area contributed by atoms with Gasteiger partial charge in [-0.05, 0) is 25.7 Å². The van der Waals surface area contributed by atoms with Crippen molar-refractivity contribution in [1.29, 1.82) is 0 Å². The predicted molar refractivity (Wildman–Crippen MR) is 55.1 cm³/mol. The first-order valence-electron chi connectivity index (χ1n) is 5.38. The molecule has 2 rings (SSSR count). The van der Waals surface area contributed by atoms with Gasteiger partial charge in [-0.2, -0.15) is 0 Å². The highest BCUT2D eigenvalue weighted by Crippen LogP contribution is 2.39. The lowest BCUT2D eigenvalue weighted by Gasteiger charge is -2.21. The van der Waals surface area contributed by atoms with E-state index in [9.17, 15) is 5.11 Å². The first-order valence-corrected chi connectivity index (χ1v) is 5.38. The molecule has 82 valence electrons. The number of nitrogens with zero attached hydrogens (tertiary/aromatic N) is 2. The van der Waals surface area contributed by atoms with E-state index in [1.54, 1.807) is 18.6 Å². The molecule has 0 aliphatic heterocycles. The molecule has 2 unspecified atom stereocenters. The van der Waals surface area contributed by atoms with Crippen LogP contribution in [0.5, 0.6) is 0 Å². The van der Waals surface area contributed by atoms with Crippen molar-refractivity contribution in [2.75, 3.05) is 6.61 Å². The van der Waals surface area contributed by atoms with E-state index in [0.29, 0.717) is 18.2 Å². The SMILES string of the molecule is CCOC(C1CC1)C(O)c1cnccn1. The van der Waals surface area contributed by atoms with Crippen molar-refractivity contribution in [3.05, 3.63) is 24.3 Å². The van der Waals surface area contributed by atoms with Crippen LogP contribution in [0.1, 0.15) is 31.6 Å². The number of ether oxygens (including phenoxy) is 1. The molecule has 1 aromatic rings. The van der Waals surface area contributed by atoms with Crippen molar-refractivity contribution in [3.63, 3.8) is 0 Å². The predicted octanol–water partition coefficient (Wildman–Crippen LogP) is 1.33. The summed E-state index contributed by atoms with van der Waals surface area (Å²) in [5.74, 6) is 0.488. The maximum atomic E-state index is 10.1. The van der Waals surface area contributed by atoms with E-state index in [1.807, 2.05) is 6.92 Å². The van der Waals surface area contributed by atoms with Crippen LogP contribution in [-0.2, 0) is 4.74 Å². The highest BCUT2D eigenvalue weighted by molar-refractivity contribution is 5.04. The molecule has 0 spiro atoms. The summed E-state index contributed by atoms with van der Waals surface area (Å²) in [7, 11) is 0. The first kappa shape index (κ1) is 10.5. The Morgan fingerprint density at radius 3 is 2.87 bits per heavy atom. The van der Waals surface area contributed by atoms with Crippen LogP contribution in [0.2, 0.25) is 0 Å². The van der Waals surface area contributed by atoms with E-state index in [-0.39, 0.29) is 6.10 Å². The normalized spacial score (nSPS) is 19.9. The molecule has 0 aromatic carbocycles. The van der Waals surface area contributed by atoms with Crippen LogP contribution >= 0.6 is 0 Å². The summed E-state index contributed by atoms with van der Waals surface area (Å²) in [6.45, 7) is 2.57. The molecule has 0 amide bonds. The summed E-state index contributed by atoms with van der Waals surface area (Å²) in [6, 6.07) is 0. The van der Waals surface area contributed by atoms with Gasteiger partial charge in [-0.1, -0.05) is 0 Å². The summed E-state index contributed by atoms with van der Waals surface area (Å²) >= 11 is 0. The van der Waals surface area contributed by atoms with Gasteiger partial charge in [0.2, 0.25) is 0 Å².